The van der Waals surface area contributed by atoms with Crippen molar-refractivity contribution in [1.82, 2.24) is 30.4 Å². The van der Waals surface area contributed by atoms with Gasteiger partial charge in [-0.3, -0.25) is 10.1 Å². The maximum absolute atomic E-state index is 14.5. The summed E-state index contributed by atoms with van der Waals surface area (Å²) in [4.78, 5) is 16.4. The van der Waals surface area contributed by atoms with Crippen molar-refractivity contribution < 1.29 is 14.3 Å². The minimum absolute atomic E-state index is 0.00697. The fourth-order valence-corrected chi connectivity index (χ4v) is 8.87. The number of hydrogen-bond acceptors (Lipinski definition) is 8. The average Bonchev–Trinajstić information content (AvgIpc) is 3.66. The zero-order valence-electron chi connectivity index (χ0n) is 27.9. The Kier molecular flexibility index (Phi) is 9.13. The number of ether oxygens (including phenoxy) is 2. The van der Waals surface area contributed by atoms with E-state index in [9.17, 15) is 4.79 Å². The second kappa shape index (κ2) is 13.5. The first kappa shape index (κ1) is 33.1. The molecule has 5 aromatic rings. The summed E-state index contributed by atoms with van der Waals surface area (Å²) in [5.41, 5.74) is 3.19. The van der Waals surface area contributed by atoms with Crippen LogP contribution >= 0.6 is 23.4 Å². The minimum atomic E-state index is -0.824. The van der Waals surface area contributed by atoms with Gasteiger partial charge in [0.1, 0.15) is 17.5 Å². The average molecular weight is 695 g/mol. The molecule has 9 nitrogen and oxygen atoms in total. The number of thioether (sulfide) groups is 1. The van der Waals surface area contributed by atoms with E-state index >= 15 is 0 Å². The number of nitrogens with zero attached hydrogens (tertiary/aromatic N) is 5. The molecule has 2 aliphatic heterocycles. The number of carbonyl (C=O) groups excluding carboxylic acids is 1. The third-order valence-electron chi connectivity index (χ3n) is 9.25. The SMILES string of the molecule is CCOc1ccc(Cn2nnnc2C2N3C(=O)C(NC(c4ccccc4)(c4ccccc4)c4ccc(Cl)cc4)C3SC2(C)C)cc1OCC. The molecule has 1 aromatic heterocycles. The van der Waals surface area contributed by atoms with Gasteiger partial charge >= 0.3 is 0 Å². The standard InChI is InChI=1S/C38H39ClN6O3S/c1-5-47-30-22-17-25(23-31(30)48-6-2)24-44-34(41-42-43-44)33-37(3,4)49-36-32(35(46)45(33)36)40-38(26-13-9-7-10-14-26,27-15-11-8-12-16-27)28-18-20-29(39)21-19-28/h7-23,32-33,36,40H,5-6,24H2,1-4H3. The van der Waals surface area contributed by atoms with E-state index in [2.05, 4.69) is 59.0 Å². The van der Waals surface area contributed by atoms with Crippen LogP contribution in [0.15, 0.2) is 103 Å². The molecular formula is C38H39ClN6O3S. The molecule has 3 unspecified atom stereocenters. The number of halogens is 1. The molecule has 49 heavy (non-hydrogen) atoms. The summed E-state index contributed by atoms with van der Waals surface area (Å²) in [7, 11) is 0. The summed E-state index contributed by atoms with van der Waals surface area (Å²) in [6.45, 7) is 9.71. The summed E-state index contributed by atoms with van der Waals surface area (Å²) >= 11 is 8.15. The highest BCUT2D eigenvalue weighted by Crippen LogP contribution is 2.57. The van der Waals surface area contributed by atoms with Gasteiger partial charge in [0.25, 0.3) is 0 Å². The van der Waals surface area contributed by atoms with E-state index in [4.69, 9.17) is 21.1 Å². The van der Waals surface area contributed by atoms with Gasteiger partial charge in [-0.15, -0.1) is 16.9 Å². The number of fused-ring (bicyclic) bond motifs is 1. The van der Waals surface area contributed by atoms with Crippen molar-refractivity contribution in [1.29, 1.82) is 0 Å². The van der Waals surface area contributed by atoms with Crippen LogP contribution in [0.2, 0.25) is 5.02 Å². The first-order chi connectivity index (χ1) is 23.8. The summed E-state index contributed by atoms with van der Waals surface area (Å²) in [6, 6.07) is 33.5. The number of aromatic nitrogens is 4. The van der Waals surface area contributed by atoms with Crippen molar-refractivity contribution in [3.8, 4) is 11.5 Å². The third kappa shape index (κ3) is 5.96. The number of nitrogens with one attached hydrogen (secondary N) is 1. The Morgan fingerprint density at radius 1 is 0.857 bits per heavy atom. The molecule has 2 saturated heterocycles. The summed E-state index contributed by atoms with van der Waals surface area (Å²) < 4.78 is 13.0. The van der Waals surface area contributed by atoms with E-state index < -0.39 is 11.6 Å². The van der Waals surface area contributed by atoms with Crippen LogP contribution in [0.1, 0.15) is 61.8 Å². The fraction of sp³-hybridized carbons (Fsp3) is 0.316. The number of tetrazole rings is 1. The van der Waals surface area contributed by atoms with Crippen LogP contribution < -0.4 is 14.8 Å². The molecule has 1 N–H and O–H groups in total. The topological polar surface area (TPSA) is 94.4 Å². The van der Waals surface area contributed by atoms with Crippen molar-refractivity contribution in [2.24, 2.45) is 0 Å². The van der Waals surface area contributed by atoms with Crippen LogP contribution in [0.4, 0.5) is 0 Å². The van der Waals surface area contributed by atoms with Crippen molar-refractivity contribution in [3.05, 3.63) is 136 Å². The van der Waals surface area contributed by atoms with Crippen molar-refractivity contribution in [3.63, 3.8) is 0 Å². The number of rotatable bonds is 12. The molecule has 3 heterocycles. The maximum Gasteiger partial charge on any atom is 0.244 e. The third-order valence-corrected chi connectivity index (χ3v) is 11.1. The molecule has 252 valence electrons. The van der Waals surface area contributed by atoms with Crippen molar-refractivity contribution >= 4 is 29.3 Å². The maximum atomic E-state index is 14.5. The Labute approximate surface area is 296 Å². The Morgan fingerprint density at radius 3 is 2.10 bits per heavy atom. The Hall–Kier alpha value is -4.38. The van der Waals surface area contributed by atoms with Gasteiger partial charge in [0.15, 0.2) is 17.3 Å². The lowest BCUT2D eigenvalue weighted by Gasteiger charge is -2.49. The summed E-state index contributed by atoms with van der Waals surface area (Å²) in [5.74, 6) is 2.04. The Morgan fingerprint density at radius 2 is 1.47 bits per heavy atom. The van der Waals surface area contributed by atoms with Crippen molar-refractivity contribution in [2.75, 3.05) is 13.2 Å². The highest BCUT2D eigenvalue weighted by Gasteiger charge is 2.64. The van der Waals surface area contributed by atoms with E-state index in [1.54, 1.807) is 16.4 Å². The number of β-lactam (4-membered cyclic amide) rings is 1. The van der Waals surface area contributed by atoms with Gasteiger partial charge in [-0.25, -0.2) is 4.68 Å². The highest BCUT2D eigenvalue weighted by molar-refractivity contribution is 8.01. The molecule has 0 spiro atoms. The van der Waals surface area contributed by atoms with Gasteiger partial charge in [0, 0.05) is 9.77 Å². The highest BCUT2D eigenvalue weighted by atomic mass is 35.5. The molecule has 11 heteroatoms. The van der Waals surface area contributed by atoms with E-state index in [0.717, 1.165) is 22.3 Å². The first-order valence-electron chi connectivity index (χ1n) is 16.6. The van der Waals surface area contributed by atoms with E-state index in [1.807, 2.05) is 97.6 Å². The van der Waals surface area contributed by atoms with Crippen LogP contribution in [0.3, 0.4) is 0 Å². The van der Waals surface area contributed by atoms with Crippen LogP contribution in [0.5, 0.6) is 11.5 Å². The summed E-state index contributed by atoms with van der Waals surface area (Å²) in [5, 5.41) is 17.4. The van der Waals surface area contributed by atoms with Crippen LogP contribution in [0, 0.1) is 0 Å². The Bertz CT molecular complexity index is 1880. The minimum Gasteiger partial charge on any atom is -0.490 e. The van der Waals surface area contributed by atoms with Gasteiger partial charge in [0.2, 0.25) is 5.91 Å². The predicted molar refractivity (Wildman–Crippen MR) is 192 cm³/mol. The van der Waals surface area contributed by atoms with E-state index in [0.29, 0.717) is 42.1 Å². The van der Waals surface area contributed by atoms with E-state index in [-0.39, 0.29) is 22.1 Å². The molecule has 2 aliphatic rings. The number of amides is 1. The van der Waals surface area contributed by atoms with Crippen molar-refractivity contribution in [2.45, 2.75) is 62.0 Å². The molecule has 3 atom stereocenters. The lowest BCUT2D eigenvalue weighted by atomic mass is 9.76. The quantitative estimate of drug-likeness (QED) is 0.112. The first-order valence-corrected chi connectivity index (χ1v) is 17.8. The molecule has 0 radical (unpaired) electrons. The largest absolute Gasteiger partial charge is 0.490 e. The van der Waals surface area contributed by atoms with E-state index in [1.165, 1.54) is 0 Å². The molecule has 1 amide bonds. The zero-order valence-corrected chi connectivity index (χ0v) is 29.5. The normalized spacial score (nSPS) is 19.7. The monoisotopic (exact) mass is 694 g/mol. The molecule has 0 aliphatic carbocycles. The molecule has 7 rings (SSSR count). The summed E-state index contributed by atoms with van der Waals surface area (Å²) in [6.07, 6.45) is 0. The lowest BCUT2D eigenvalue weighted by molar-refractivity contribution is -0.150. The van der Waals surface area contributed by atoms with Crippen LogP contribution in [-0.2, 0) is 16.9 Å². The second-order valence-corrected chi connectivity index (χ2v) is 14.9. The number of hydrogen-bond donors (Lipinski definition) is 1. The molecule has 2 fully saturated rings. The molecular weight excluding hydrogens is 656 g/mol. The fourth-order valence-electron chi connectivity index (χ4n) is 7.11. The predicted octanol–water partition coefficient (Wildman–Crippen LogP) is 6.86. The van der Waals surface area contributed by atoms with Gasteiger partial charge in [-0.2, -0.15) is 0 Å². The number of carbonyl (C=O) groups is 1. The van der Waals surface area contributed by atoms with Gasteiger partial charge in [0.05, 0.1) is 25.3 Å². The molecule has 0 bridgehead atoms. The van der Waals surface area contributed by atoms with Gasteiger partial charge in [-0.05, 0) is 84.6 Å². The lowest BCUT2D eigenvalue weighted by Crippen LogP contribution is -2.70. The van der Waals surface area contributed by atoms with Gasteiger partial charge in [-0.1, -0.05) is 90.5 Å². The van der Waals surface area contributed by atoms with Crippen LogP contribution in [0.25, 0.3) is 0 Å². The molecule has 0 saturated carbocycles. The van der Waals surface area contributed by atoms with Gasteiger partial charge < -0.3 is 14.4 Å². The van der Waals surface area contributed by atoms with Crippen LogP contribution in [-0.4, -0.2) is 60.4 Å². The zero-order chi connectivity index (χ0) is 34.2. The Balaban J connectivity index is 1.23. The second-order valence-electron chi connectivity index (χ2n) is 12.7. The smallest absolute Gasteiger partial charge is 0.244 e. The molecule has 4 aromatic carbocycles. The number of benzene rings is 4.